The van der Waals surface area contributed by atoms with Gasteiger partial charge in [-0.1, -0.05) is 18.2 Å². The van der Waals surface area contributed by atoms with Crippen LogP contribution in [0.25, 0.3) is 0 Å². The van der Waals surface area contributed by atoms with Crippen LogP contribution in [0.4, 0.5) is 4.39 Å². The third kappa shape index (κ3) is 5.04. The lowest BCUT2D eigenvalue weighted by molar-refractivity contribution is -0.120. The molecule has 0 heterocycles. The first-order chi connectivity index (χ1) is 12.5. The molecule has 0 unspecified atom stereocenters. The molecule has 0 aliphatic carbocycles. The second-order valence-electron chi connectivity index (χ2n) is 5.18. The molecule has 8 heteroatoms. The Morgan fingerprint density at radius 3 is 2.73 bits per heavy atom. The van der Waals surface area contributed by atoms with Gasteiger partial charge in [-0.05, 0) is 24.3 Å². The van der Waals surface area contributed by atoms with E-state index >= 15 is 0 Å². The number of hydrogen-bond donors (Lipinski definition) is 3. The SMILES string of the molecule is COc1cccc(/C=N/NC(=O)CCNC(=O)c2ccccc2F)c1O. The van der Waals surface area contributed by atoms with E-state index in [0.29, 0.717) is 5.56 Å². The van der Waals surface area contributed by atoms with Gasteiger partial charge in [-0.2, -0.15) is 5.10 Å². The number of ether oxygens (including phenoxy) is 1. The minimum Gasteiger partial charge on any atom is -0.504 e. The van der Waals surface area contributed by atoms with Crippen molar-refractivity contribution in [1.82, 2.24) is 10.7 Å². The zero-order valence-corrected chi connectivity index (χ0v) is 14.0. The van der Waals surface area contributed by atoms with Gasteiger partial charge in [0.1, 0.15) is 5.82 Å². The Morgan fingerprint density at radius 2 is 2.00 bits per heavy atom. The fraction of sp³-hybridized carbons (Fsp3) is 0.167. The average Bonchev–Trinajstić information content (AvgIpc) is 2.63. The molecule has 26 heavy (non-hydrogen) atoms. The summed E-state index contributed by atoms with van der Waals surface area (Å²) >= 11 is 0. The quantitative estimate of drug-likeness (QED) is 0.518. The Bertz CT molecular complexity index is 824. The maximum atomic E-state index is 13.5. The second-order valence-corrected chi connectivity index (χ2v) is 5.18. The summed E-state index contributed by atoms with van der Waals surface area (Å²) in [5.41, 5.74) is 2.56. The van der Waals surface area contributed by atoms with Crippen LogP contribution in [0.3, 0.4) is 0 Å². The second kappa shape index (κ2) is 9.16. The van der Waals surface area contributed by atoms with E-state index < -0.39 is 17.6 Å². The zero-order valence-electron chi connectivity index (χ0n) is 14.0. The first-order valence-corrected chi connectivity index (χ1v) is 7.73. The number of phenolic OH excluding ortho intramolecular Hbond substituents is 1. The van der Waals surface area contributed by atoms with E-state index in [0.717, 1.165) is 0 Å². The van der Waals surface area contributed by atoms with Gasteiger partial charge in [-0.25, -0.2) is 9.82 Å². The maximum Gasteiger partial charge on any atom is 0.254 e. The Labute approximate surface area is 149 Å². The molecule has 0 spiro atoms. The molecule has 0 saturated heterocycles. The van der Waals surface area contributed by atoms with Crippen molar-refractivity contribution >= 4 is 18.0 Å². The fourth-order valence-corrected chi connectivity index (χ4v) is 2.07. The van der Waals surface area contributed by atoms with Crippen LogP contribution in [0.5, 0.6) is 11.5 Å². The number of amides is 2. The van der Waals surface area contributed by atoms with E-state index in [1.54, 1.807) is 24.3 Å². The Hall–Kier alpha value is -3.42. The average molecular weight is 359 g/mol. The number of halogens is 1. The standard InChI is InChI=1S/C18H18FN3O4/c1-26-15-8-4-5-12(17(15)24)11-21-22-16(23)9-10-20-18(25)13-6-2-3-7-14(13)19/h2-8,11,24H,9-10H2,1H3,(H,20,25)(H,22,23)/b21-11+. The number of hydrazone groups is 1. The molecule has 2 aromatic rings. The highest BCUT2D eigenvalue weighted by Crippen LogP contribution is 2.27. The van der Waals surface area contributed by atoms with Crippen molar-refractivity contribution in [1.29, 1.82) is 0 Å². The van der Waals surface area contributed by atoms with E-state index in [1.807, 2.05) is 0 Å². The van der Waals surface area contributed by atoms with Gasteiger partial charge in [0, 0.05) is 18.5 Å². The van der Waals surface area contributed by atoms with Crippen molar-refractivity contribution in [2.75, 3.05) is 13.7 Å². The lowest BCUT2D eigenvalue weighted by Gasteiger charge is -2.06. The van der Waals surface area contributed by atoms with Gasteiger partial charge in [0.05, 0.1) is 18.9 Å². The number of methoxy groups -OCH3 is 1. The highest BCUT2D eigenvalue weighted by molar-refractivity contribution is 5.94. The molecule has 0 aromatic heterocycles. The van der Waals surface area contributed by atoms with Crippen LogP contribution in [0.2, 0.25) is 0 Å². The molecule has 0 saturated carbocycles. The summed E-state index contributed by atoms with van der Waals surface area (Å²) < 4.78 is 18.4. The minimum absolute atomic E-state index is 0.0267. The summed E-state index contributed by atoms with van der Waals surface area (Å²) in [6, 6.07) is 10.4. The van der Waals surface area contributed by atoms with Gasteiger partial charge < -0.3 is 15.2 Å². The molecule has 0 bridgehead atoms. The number of carbonyl (C=O) groups excluding carboxylic acids is 2. The summed E-state index contributed by atoms with van der Waals surface area (Å²) in [4.78, 5) is 23.5. The van der Waals surface area contributed by atoms with E-state index in [2.05, 4.69) is 15.8 Å². The van der Waals surface area contributed by atoms with Gasteiger partial charge in [-0.15, -0.1) is 0 Å². The molecule has 0 fully saturated rings. The Kier molecular flexibility index (Phi) is 6.67. The molecular weight excluding hydrogens is 341 g/mol. The lowest BCUT2D eigenvalue weighted by Crippen LogP contribution is -2.29. The number of hydrogen-bond acceptors (Lipinski definition) is 5. The molecule has 2 amide bonds. The number of nitrogens with one attached hydrogen (secondary N) is 2. The lowest BCUT2D eigenvalue weighted by atomic mass is 10.2. The van der Waals surface area contributed by atoms with Crippen molar-refractivity contribution in [2.24, 2.45) is 5.10 Å². The van der Waals surface area contributed by atoms with Gasteiger partial charge >= 0.3 is 0 Å². The number of aromatic hydroxyl groups is 1. The van der Waals surface area contributed by atoms with Crippen LogP contribution in [0, 0.1) is 5.82 Å². The maximum absolute atomic E-state index is 13.5. The first-order valence-electron chi connectivity index (χ1n) is 7.73. The van der Waals surface area contributed by atoms with E-state index in [-0.39, 0.29) is 30.0 Å². The van der Waals surface area contributed by atoms with Crippen LogP contribution in [-0.2, 0) is 4.79 Å². The Balaban J connectivity index is 1.79. The fourth-order valence-electron chi connectivity index (χ4n) is 2.07. The van der Waals surface area contributed by atoms with Crippen molar-refractivity contribution in [3.8, 4) is 11.5 Å². The molecule has 0 atom stereocenters. The highest BCUT2D eigenvalue weighted by Gasteiger charge is 2.10. The predicted octanol–water partition coefficient (Wildman–Crippen LogP) is 1.81. The number of carbonyl (C=O) groups is 2. The molecule has 0 aliphatic rings. The zero-order chi connectivity index (χ0) is 18.9. The molecule has 2 aromatic carbocycles. The third-order valence-corrected chi connectivity index (χ3v) is 3.40. The van der Waals surface area contributed by atoms with Gasteiger partial charge in [0.15, 0.2) is 11.5 Å². The van der Waals surface area contributed by atoms with Gasteiger partial charge in [0.25, 0.3) is 5.91 Å². The van der Waals surface area contributed by atoms with E-state index in [9.17, 15) is 19.1 Å². The summed E-state index contributed by atoms with van der Waals surface area (Å²) in [5, 5.41) is 16.1. The van der Waals surface area contributed by atoms with Crippen LogP contribution < -0.4 is 15.5 Å². The first kappa shape index (κ1) is 18.9. The number of rotatable bonds is 7. The van der Waals surface area contributed by atoms with Crippen molar-refractivity contribution < 1.29 is 23.8 Å². The van der Waals surface area contributed by atoms with E-state index in [1.165, 1.54) is 31.5 Å². The summed E-state index contributed by atoms with van der Waals surface area (Å²) in [5.74, 6) is -1.48. The van der Waals surface area contributed by atoms with Crippen molar-refractivity contribution in [3.63, 3.8) is 0 Å². The van der Waals surface area contributed by atoms with Crippen molar-refractivity contribution in [3.05, 3.63) is 59.4 Å². The minimum atomic E-state index is -0.628. The third-order valence-electron chi connectivity index (χ3n) is 3.40. The van der Waals surface area contributed by atoms with Crippen molar-refractivity contribution in [2.45, 2.75) is 6.42 Å². The van der Waals surface area contributed by atoms with Crippen LogP contribution in [0.1, 0.15) is 22.3 Å². The number of para-hydroxylation sites is 1. The summed E-state index contributed by atoms with van der Waals surface area (Å²) in [6.07, 6.45) is 1.23. The number of benzene rings is 2. The summed E-state index contributed by atoms with van der Waals surface area (Å²) in [6.45, 7) is 0.0267. The smallest absolute Gasteiger partial charge is 0.254 e. The normalized spacial score (nSPS) is 10.5. The molecule has 2 rings (SSSR count). The monoisotopic (exact) mass is 359 g/mol. The summed E-state index contributed by atoms with van der Waals surface area (Å²) in [7, 11) is 1.42. The molecule has 3 N–H and O–H groups in total. The largest absolute Gasteiger partial charge is 0.504 e. The van der Waals surface area contributed by atoms with E-state index in [4.69, 9.17) is 4.74 Å². The molecule has 0 aliphatic heterocycles. The van der Waals surface area contributed by atoms with Gasteiger partial charge in [-0.3, -0.25) is 9.59 Å². The van der Waals surface area contributed by atoms with Crippen LogP contribution in [-0.4, -0.2) is 36.8 Å². The highest BCUT2D eigenvalue weighted by atomic mass is 19.1. The molecular formula is C18H18FN3O4. The van der Waals surface area contributed by atoms with Gasteiger partial charge in [0.2, 0.25) is 5.91 Å². The molecule has 136 valence electrons. The topological polar surface area (TPSA) is 100 Å². The molecule has 7 nitrogen and oxygen atoms in total. The van der Waals surface area contributed by atoms with Crippen LogP contribution >= 0.6 is 0 Å². The number of nitrogens with zero attached hydrogens (tertiary/aromatic N) is 1. The van der Waals surface area contributed by atoms with Crippen LogP contribution in [0.15, 0.2) is 47.6 Å². The Morgan fingerprint density at radius 1 is 1.23 bits per heavy atom. The predicted molar refractivity (Wildman–Crippen MR) is 93.7 cm³/mol. The molecule has 0 radical (unpaired) electrons. The number of phenols is 1.